The first-order valence-electron chi connectivity index (χ1n) is 6.47. The minimum Gasteiger partial charge on any atom is -0.369 e. The van der Waals surface area contributed by atoms with Gasteiger partial charge in [-0.1, -0.05) is 19.1 Å². The summed E-state index contributed by atoms with van der Waals surface area (Å²) in [6.45, 7) is 2.90. The quantitative estimate of drug-likeness (QED) is 0.743. The molecule has 1 aromatic carbocycles. The second kappa shape index (κ2) is 6.25. The van der Waals surface area contributed by atoms with Crippen molar-refractivity contribution in [2.75, 3.05) is 0 Å². The van der Waals surface area contributed by atoms with Gasteiger partial charge in [-0.05, 0) is 37.0 Å². The Morgan fingerprint density at radius 3 is 2.94 bits per heavy atom. The third kappa shape index (κ3) is 4.03. The van der Waals surface area contributed by atoms with Crippen LogP contribution in [0.3, 0.4) is 0 Å². The Balaban J connectivity index is 1.94. The fraction of sp³-hybridized carbons (Fsp3) is 0.500. The summed E-state index contributed by atoms with van der Waals surface area (Å²) in [6, 6.07) is 9.06. The second-order valence-corrected chi connectivity index (χ2v) is 6.00. The predicted octanol–water partition coefficient (Wildman–Crippen LogP) is 2.29. The molecular formula is C14H20N2OS. The zero-order valence-corrected chi connectivity index (χ0v) is 11.5. The Morgan fingerprint density at radius 2 is 2.33 bits per heavy atom. The number of nitrogens with two attached hydrogens (primary N) is 1. The van der Waals surface area contributed by atoms with Crippen LogP contribution in [0.1, 0.15) is 31.7 Å². The molecule has 2 rings (SSSR count). The molecule has 3 N–H and O–H groups in total. The van der Waals surface area contributed by atoms with E-state index in [0.717, 1.165) is 23.9 Å². The van der Waals surface area contributed by atoms with E-state index in [1.54, 1.807) is 11.8 Å². The number of carbonyl (C=O) groups excluding carboxylic acids is 1. The first kappa shape index (κ1) is 13.4. The Morgan fingerprint density at radius 1 is 1.56 bits per heavy atom. The minimum atomic E-state index is -0.232. The normalized spacial score (nSPS) is 16.5. The number of carbonyl (C=O) groups is 1. The summed E-state index contributed by atoms with van der Waals surface area (Å²) in [5, 5.41) is 3.36. The molecule has 0 aliphatic heterocycles. The van der Waals surface area contributed by atoms with Gasteiger partial charge >= 0.3 is 0 Å². The van der Waals surface area contributed by atoms with Crippen molar-refractivity contribution in [1.82, 2.24) is 5.32 Å². The molecule has 98 valence electrons. The van der Waals surface area contributed by atoms with Crippen LogP contribution < -0.4 is 11.1 Å². The maximum Gasteiger partial charge on any atom is 0.230 e. The molecule has 1 aliphatic rings. The van der Waals surface area contributed by atoms with Crippen LogP contribution >= 0.6 is 11.8 Å². The molecule has 0 heterocycles. The van der Waals surface area contributed by atoms with Crippen molar-refractivity contribution in [3.8, 4) is 0 Å². The first-order valence-corrected chi connectivity index (χ1v) is 7.35. The average Bonchev–Trinajstić information content (AvgIpc) is 3.17. The van der Waals surface area contributed by atoms with E-state index in [1.807, 2.05) is 19.1 Å². The molecule has 1 unspecified atom stereocenters. The smallest absolute Gasteiger partial charge is 0.230 e. The topological polar surface area (TPSA) is 55.1 Å². The molecule has 0 spiro atoms. The Bertz CT molecular complexity index is 418. The lowest BCUT2D eigenvalue weighted by Crippen LogP contribution is -2.24. The van der Waals surface area contributed by atoms with Crippen LogP contribution in [-0.2, 0) is 11.3 Å². The molecule has 4 heteroatoms. The third-order valence-corrected chi connectivity index (χ3v) is 4.41. The lowest BCUT2D eigenvalue weighted by Gasteiger charge is -2.11. The van der Waals surface area contributed by atoms with Gasteiger partial charge in [0.05, 0.1) is 5.25 Å². The van der Waals surface area contributed by atoms with E-state index in [9.17, 15) is 4.79 Å². The van der Waals surface area contributed by atoms with Gasteiger partial charge in [-0.15, -0.1) is 11.8 Å². The number of nitrogens with one attached hydrogen (secondary N) is 1. The summed E-state index contributed by atoms with van der Waals surface area (Å²) in [5.41, 5.74) is 6.64. The van der Waals surface area contributed by atoms with Gasteiger partial charge in [0.1, 0.15) is 0 Å². The van der Waals surface area contributed by atoms with Crippen molar-refractivity contribution < 1.29 is 4.79 Å². The van der Waals surface area contributed by atoms with E-state index in [2.05, 4.69) is 17.4 Å². The van der Waals surface area contributed by atoms with Crippen LogP contribution in [0.2, 0.25) is 0 Å². The average molecular weight is 264 g/mol. The van der Waals surface area contributed by atoms with Gasteiger partial charge in [0.25, 0.3) is 0 Å². The van der Waals surface area contributed by atoms with Crippen molar-refractivity contribution >= 4 is 17.7 Å². The SMILES string of the molecule is CCC(Sc1cccc(CNC2CC2)c1)C(N)=O. The van der Waals surface area contributed by atoms with Gasteiger partial charge in [0, 0.05) is 17.5 Å². The monoisotopic (exact) mass is 264 g/mol. The van der Waals surface area contributed by atoms with Crippen molar-refractivity contribution in [2.24, 2.45) is 5.73 Å². The molecular weight excluding hydrogens is 244 g/mol. The number of hydrogen-bond donors (Lipinski definition) is 2. The van der Waals surface area contributed by atoms with Crippen LogP contribution in [0.25, 0.3) is 0 Å². The predicted molar refractivity (Wildman–Crippen MR) is 75.4 cm³/mol. The number of hydrogen-bond acceptors (Lipinski definition) is 3. The zero-order chi connectivity index (χ0) is 13.0. The third-order valence-electron chi connectivity index (χ3n) is 3.04. The first-order chi connectivity index (χ1) is 8.69. The van der Waals surface area contributed by atoms with Crippen LogP contribution in [0, 0.1) is 0 Å². The molecule has 0 saturated heterocycles. The maximum absolute atomic E-state index is 11.2. The van der Waals surface area contributed by atoms with E-state index < -0.39 is 0 Å². The summed E-state index contributed by atoms with van der Waals surface area (Å²) in [4.78, 5) is 12.4. The standard InChI is InChI=1S/C14H20N2OS/c1-2-13(14(15)17)18-12-5-3-4-10(8-12)9-16-11-6-7-11/h3-5,8,11,13,16H,2,6-7,9H2,1H3,(H2,15,17). The van der Waals surface area contributed by atoms with Gasteiger partial charge in [-0.3, -0.25) is 4.79 Å². The Hall–Kier alpha value is -1.00. The van der Waals surface area contributed by atoms with Gasteiger partial charge < -0.3 is 11.1 Å². The van der Waals surface area contributed by atoms with Crippen molar-refractivity contribution in [1.29, 1.82) is 0 Å². The van der Waals surface area contributed by atoms with Gasteiger partial charge in [-0.2, -0.15) is 0 Å². The highest BCUT2D eigenvalue weighted by Gasteiger charge is 2.20. The minimum absolute atomic E-state index is 0.128. The number of thioether (sulfide) groups is 1. The summed E-state index contributed by atoms with van der Waals surface area (Å²) in [6.07, 6.45) is 3.37. The molecule has 1 saturated carbocycles. The maximum atomic E-state index is 11.2. The number of amides is 1. The Kier molecular flexibility index (Phi) is 4.66. The second-order valence-electron chi connectivity index (χ2n) is 4.72. The molecule has 0 bridgehead atoms. The molecule has 1 aromatic rings. The van der Waals surface area contributed by atoms with E-state index >= 15 is 0 Å². The highest BCUT2D eigenvalue weighted by atomic mass is 32.2. The summed E-state index contributed by atoms with van der Waals surface area (Å²) < 4.78 is 0. The molecule has 1 atom stereocenters. The van der Waals surface area contributed by atoms with E-state index in [0.29, 0.717) is 0 Å². The highest BCUT2D eigenvalue weighted by Crippen LogP contribution is 2.26. The highest BCUT2D eigenvalue weighted by molar-refractivity contribution is 8.00. The lowest BCUT2D eigenvalue weighted by molar-refractivity contribution is -0.117. The Labute approximate surface area is 113 Å². The molecule has 18 heavy (non-hydrogen) atoms. The lowest BCUT2D eigenvalue weighted by atomic mass is 10.2. The van der Waals surface area contributed by atoms with Gasteiger partial charge in [0.15, 0.2) is 0 Å². The number of rotatable bonds is 7. The van der Waals surface area contributed by atoms with Gasteiger partial charge in [-0.25, -0.2) is 0 Å². The largest absolute Gasteiger partial charge is 0.369 e. The molecule has 0 radical (unpaired) electrons. The summed E-state index contributed by atoms with van der Waals surface area (Å²) in [7, 11) is 0. The van der Waals surface area contributed by atoms with Crippen molar-refractivity contribution in [3.05, 3.63) is 29.8 Å². The van der Waals surface area contributed by atoms with Crippen molar-refractivity contribution in [3.63, 3.8) is 0 Å². The van der Waals surface area contributed by atoms with E-state index in [4.69, 9.17) is 5.73 Å². The van der Waals surface area contributed by atoms with E-state index in [1.165, 1.54) is 18.4 Å². The summed E-state index contributed by atoms with van der Waals surface area (Å²) >= 11 is 1.56. The number of benzene rings is 1. The fourth-order valence-corrected chi connectivity index (χ4v) is 2.77. The van der Waals surface area contributed by atoms with Gasteiger partial charge in [0.2, 0.25) is 5.91 Å². The zero-order valence-electron chi connectivity index (χ0n) is 10.7. The molecule has 1 amide bonds. The molecule has 1 fully saturated rings. The van der Waals surface area contributed by atoms with E-state index in [-0.39, 0.29) is 11.2 Å². The molecule has 0 aromatic heterocycles. The molecule has 3 nitrogen and oxygen atoms in total. The van der Waals surface area contributed by atoms with Crippen LogP contribution in [-0.4, -0.2) is 17.2 Å². The van der Waals surface area contributed by atoms with Crippen molar-refractivity contribution in [2.45, 2.75) is 48.9 Å². The van der Waals surface area contributed by atoms with Crippen LogP contribution in [0.5, 0.6) is 0 Å². The van der Waals surface area contributed by atoms with Crippen LogP contribution in [0.15, 0.2) is 29.2 Å². The number of primary amides is 1. The molecule has 1 aliphatic carbocycles. The van der Waals surface area contributed by atoms with Crippen LogP contribution in [0.4, 0.5) is 0 Å². The fourth-order valence-electron chi connectivity index (χ4n) is 1.79. The summed E-state index contributed by atoms with van der Waals surface area (Å²) in [5.74, 6) is -0.232.